The van der Waals surface area contributed by atoms with Crippen molar-refractivity contribution in [1.82, 2.24) is 15.5 Å². The van der Waals surface area contributed by atoms with Gasteiger partial charge in [0, 0.05) is 44.8 Å². The number of halogens is 1. The van der Waals surface area contributed by atoms with Gasteiger partial charge < -0.3 is 20.1 Å². The number of nitrogens with zero attached hydrogens (tertiary/aromatic N) is 1. The second-order valence-corrected chi connectivity index (χ2v) is 8.99. The highest BCUT2D eigenvalue weighted by atomic mass is 35.5. The van der Waals surface area contributed by atoms with Crippen LogP contribution in [0.3, 0.4) is 0 Å². The van der Waals surface area contributed by atoms with Crippen LogP contribution < -0.4 is 10.6 Å². The van der Waals surface area contributed by atoms with E-state index < -0.39 is 0 Å². The largest absolute Gasteiger partial charge is 0.379 e. The van der Waals surface area contributed by atoms with Crippen molar-refractivity contribution in [3.63, 3.8) is 0 Å². The number of ether oxygens (including phenoxy) is 2. The van der Waals surface area contributed by atoms with Gasteiger partial charge in [-0.3, -0.25) is 4.90 Å². The number of benzene rings is 1. The molecule has 3 aliphatic rings. The first-order valence-corrected chi connectivity index (χ1v) is 11.2. The van der Waals surface area contributed by atoms with Crippen LogP contribution in [-0.2, 0) is 22.6 Å². The minimum absolute atomic E-state index is 0. The molecule has 4 rings (SSSR count). The maximum absolute atomic E-state index is 5.84. The molecule has 164 valence electrons. The fourth-order valence-electron chi connectivity index (χ4n) is 5.27. The van der Waals surface area contributed by atoms with Gasteiger partial charge in [-0.25, -0.2) is 0 Å². The van der Waals surface area contributed by atoms with Crippen molar-refractivity contribution in [2.75, 3.05) is 32.8 Å². The van der Waals surface area contributed by atoms with E-state index in [2.05, 4.69) is 53.6 Å². The Kier molecular flexibility index (Phi) is 8.78. The van der Waals surface area contributed by atoms with Crippen LogP contribution in [0.2, 0.25) is 0 Å². The molecule has 0 aromatic heterocycles. The van der Waals surface area contributed by atoms with Crippen molar-refractivity contribution in [3.8, 4) is 0 Å². The Balaban J connectivity index is 0.00000240. The average Bonchev–Trinajstić information content (AvgIpc) is 3.16. The Morgan fingerprint density at radius 3 is 2.48 bits per heavy atom. The Hall–Kier alpha value is -0.690. The zero-order valence-corrected chi connectivity index (χ0v) is 18.8. The lowest BCUT2D eigenvalue weighted by atomic mass is 9.94. The van der Waals surface area contributed by atoms with Gasteiger partial charge in [-0.1, -0.05) is 30.7 Å². The molecule has 0 radical (unpaired) electrons. The summed E-state index contributed by atoms with van der Waals surface area (Å²) in [5, 5.41) is 7.50. The molecular weight excluding hydrogens is 386 g/mol. The van der Waals surface area contributed by atoms with Crippen molar-refractivity contribution >= 4 is 12.4 Å². The highest BCUT2D eigenvalue weighted by Gasteiger charge is 2.34. The summed E-state index contributed by atoms with van der Waals surface area (Å²) < 4.78 is 11.5. The first-order chi connectivity index (χ1) is 13.7. The minimum Gasteiger partial charge on any atom is -0.379 e. The summed E-state index contributed by atoms with van der Waals surface area (Å²) in [5.74, 6) is 0.699. The monoisotopic (exact) mass is 423 g/mol. The highest BCUT2D eigenvalue weighted by molar-refractivity contribution is 5.85. The van der Waals surface area contributed by atoms with Crippen molar-refractivity contribution in [3.05, 3.63) is 35.4 Å². The van der Waals surface area contributed by atoms with E-state index in [0.717, 1.165) is 45.9 Å². The molecule has 1 aliphatic carbocycles. The van der Waals surface area contributed by atoms with Crippen LogP contribution >= 0.6 is 12.4 Å². The number of morpholine rings is 2. The predicted molar refractivity (Wildman–Crippen MR) is 120 cm³/mol. The maximum Gasteiger partial charge on any atom is 0.0678 e. The Labute approximate surface area is 182 Å². The molecule has 5 nitrogen and oxygen atoms in total. The molecule has 0 spiro atoms. The van der Waals surface area contributed by atoms with E-state index in [-0.39, 0.29) is 12.4 Å². The fraction of sp³-hybridized carbons (Fsp3) is 0.739. The van der Waals surface area contributed by atoms with Gasteiger partial charge in [0.15, 0.2) is 0 Å². The lowest BCUT2D eigenvalue weighted by Gasteiger charge is -2.35. The molecule has 3 fully saturated rings. The molecule has 6 heteroatoms. The van der Waals surface area contributed by atoms with Gasteiger partial charge in [0.05, 0.1) is 25.4 Å². The van der Waals surface area contributed by atoms with Crippen molar-refractivity contribution in [2.24, 2.45) is 5.92 Å². The molecule has 1 aromatic rings. The first kappa shape index (κ1) is 23.0. The summed E-state index contributed by atoms with van der Waals surface area (Å²) >= 11 is 0. The molecule has 29 heavy (non-hydrogen) atoms. The van der Waals surface area contributed by atoms with E-state index in [9.17, 15) is 0 Å². The molecule has 2 aliphatic heterocycles. The van der Waals surface area contributed by atoms with E-state index in [1.165, 1.54) is 30.4 Å². The van der Waals surface area contributed by atoms with E-state index in [1.807, 2.05) is 0 Å². The zero-order valence-electron chi connectivity index (χ0n) is 17.9. The first-order valence-electron chi connectivity index (χ1n) is 11.2. The standard InChI is InChI=1S/C23H37N3O2.ClH/c1-17-13-26(14-18(2)28-17)15-20-8-6-19(7-9-20)12-25-22-5-3-4-21(22)23-16-27-11-10-24-23;/h6-9,17-18,21-25H,3-5,10-16H2,1-2H3;1H. The summed E-state index contributed by atoms with van der Waals surface area (Å²) in [5.41, 5.74) is 2.78. The molecule has 1 aromatic carbocycles. The van der Waals surface area contributed by atoms with E-state index in [4.69, 9.17) is 9.47 Å². The molecule has 1 saturated carbocycles. The van der Waals surface area contributed by atoms with Crippen LogP contribution in [0.25, 0.3) is 0 Å². The van der Waals surface area contributed by atoms with Crippen LogP contribution in [0.5, 0.6) is 0 Å². The third-order valence-corrected chi connectivity index (χ3v) is 6.53. The van der Waals surface area contributed by atoms with Gasteiger partial charge in [-0.05, 0) is 43.7 Å². The van der Waals surface area contributed by atoms with Gasteiger partial charge in [0.25, 0.3) is 0 Å². The molecular formula is C23H38ClN3O2. The van der Waals surface area contributed by atoms with E-state index >= 15 is 0 Å². The van der Waals surface area contributed by atoms with Gasteiger partial charge in [-0.2, -0.15) is 0 Å². The maximum atomic E-state index is 5.84. The fourth-order valence-corrected chi connectivity index (χ4v) is 5.27. The smallest absolute Gasteiger partial charge is 0.0678 e. The Morgan fingerprint density at radius 2 is 1.79 bits per heavy atom. The average molecular weight is 424 g/mol. The lowest BCUT2D eigenvalue weighted by Crippen LogP contribution is -2.50. The minimum atomic E-state index is 0. The van der Waals surface area contributed by atoms with Crippen LogP contribution in [-0.4, -0.2) is 62.0 Å². The van der Waals surface area contributed by atoms with Gasteiger partial charge in [0.1, 0.15) is 0 Å². The Bertz CT molecular complexity index is 599. The molecule has 0 bridgehead atoms. The summed E-state index contributed by atoms with van der Waals surface area (Å²) in [6.45, 7) is 11.1. The van der Waals surface area contributed by atoms with Crippen molar-refractivity contribution in [1.29, 1.82) is 0 Å². The SMILES string of the molecule is CC1CN(Cc2ccc(CNC3CCCC3C3COCCN3)cc2)CC(C)O1.Cl. The molecule has 2 heterocycles. The third-order valence-electron chi connectivity index (χ3n) is 6.53. The van der Waals surface area contributed by atoms with Crippen LogP contribution in [0.15, 0.2) is 24.3 Å². The van der Waals surface area contributed by atoms with Crippen molar-refractivity contribution in [2.45, 2.75) is 70.5 Å². The zero-order chi connectivity index (χ0) is 19.3. The van der Waals surface area contributed by atoms with Crippen LogP contribution in [0, 0.1) is 5.92 Å². The van der Waals surface area contributed by atoms with E-state index in [0.29, 0.717) is 30.2 Å². The number of nitrogens with one attached hydrogen (secondary N) is 2. The highest BCUT2D eigenvalue weighted by Crippen LogP contribution is 2.29. The summed E-state index contributed by atoms with van der Waals surface area (Å²) in [4.78, 5) is 2.51. The lowest BCUT2D eigenvalue weighted by molar-refractivity contribution is -0.0704. The van der Waals surface area contributed by atoms with Gasteiger partial charge in [-0.15, -0.1) is 12.4 Å². The third kappa shape index (κ3) is 6.39. The molecule has 2 saturated heterocycles. The molecule has 5 atom stereocenters. The second-order valence-electron chi connectivity index (χ2n) is 8.99. The topological polar surface area (TPSA) is 45.8 Å². The number of hydrogen-bond donors (Lipinski definition) is 2. The quantitative estimate of drug-likeness (QED) is 0.736. The summed E-state index contributed by atoms with van der Waals surface area (Å²) in [6, 6.07) is 10.3. The number of rotatable bonds is 6. The summed E-state index contributed by atoms with van der Waals surface area (Å²) in [6.07, 6.45) is 4.59. The van der Waals surface area contributed by atoms with Crippen LogP contribution in [0.4, 0.5) is 0 Å². The second kappa shape index (κ2) is 11.1. The van der Waals surface area contributed by atoms with Gasteiger partial charge >= 0.3 is 0 Å². The molecule has 2 N–H and O–H groups in total. The molecule has 5 unspecified atom stereocenters. The predicted octanol–water partition coefficient (Wildman–Crippen LogP) is 2.96. The van der Waals surface area contributed by atoms with Crippen LogP contribution in [0.1, 0.15) is 44.2 Å². The van der Waals surface area contributed by atoms with Gasteiger partial charge in [0.2, 0.25) is 0 Å². The Morgan fingerprint density at radius 1 is 1.07 bits per heavy atom. The normalized spacial score (nSPS) is 33.4. The number of hydrogen-bond acceptors (Lipinski definition) is 5. The summed E-state index contributed by atoms with van der Waals surface area (Å²) in [7, 11) is 0. The van der Waals surface area contributed by atoms with E-state index in [1.54, 1.807) is 0 Å². The van der Waals surface area contributed by atoms with Crippen molar-refractivity contribution < 1.29 is 9.47 Å². The molecule has 0 amide bonds.